The zero-order chi connectivity index (χ0) is 11.3. The molecule has 78 valence electrons. The highest BCUT2D eigenvalue weighted by atomic mass is 16.5. The van der Waals surface area contributed by atoms with E-state index in [0.717, 1.165) is 0 Å². The van der Waals surface area contributed by atoms with Crippen LogP contribution in [-0.4, -0.2) is 23.7 Å². The van der Waals surface area contributed by atoms with Gasteiger partial charge in [0.15, 0.2) is 0 Å². The highest BCUT2D eigenvalue weighted by Crippen LogP contribution is 2.11. The molecule has 1 aromatic rings. The first-order valence-electron chi connectivity index (χ1n) is 4.25. The summed E-state index contributed by atoms with van der Waals surface area (Å²) in [5.41, 5.74) is 5.76. The Morgan fingerprint density at radius 1 is 1.53 bits per heavy atom. The minimum atomic E-state index is -1.11. The predicted octanol–water partition coefficient (Wildman–Crippen LogP) is 0.349. The van der Waals surface area contributed by atoms with Crippen molar-refractivity contribution in [1.29, 1.82) is 5.26 Å². The molecule has 3 N–H and O–H groups in total. The van der Waals surface area contributed by atoms with Gasteiger partial charge < -0.3 is 15.6 Å². The summed E-state index contributed by atoms with van der Waals surface area (Å²) in [6, 6.07) is 7.27. The summed E-state index contributed by atoms with van der Waals surface area (Å²) in [5, 5.41) is 17.0. The van der Waals surface area contributed by atoms with Gasteiger partial charge in [0.1, 0.15) is 18.4 Å². The number of carboxylic acid groups (broad SMARTS) is 1. The van der Waals surface area contributed by atoms with Crippen LogP contribution in [0.1, 0.15) is 5.56 Å². The number of hydrogen-bond donors (Lipinski definition) is 2. The minimum Gasteiger partial charge on any atom is -0.491 e. The van der Waals surface area contributed by atoms with Crippen LogP contribution in [0.25, 0.3) is 0 Å². The van der Waals surface area contributed by atoms with Crippen LogP contribution in [0.4, 0.5) is 0 Å². The molecule has 0 spiro atoms. The van der Waals surface area contributed by atoms with Crippen molar-refractivity contribution in [3.05, 3.63) is 29.8 Å². The van der Waals surface area contributed by atoms with Crippen LogP contribution in [0.5, 0.6) is 5.75 Å². The topological polar surface area (TPSA) is 96.3 Å². The second-order valence-corrected chi connectivity index (χ2v) is 2.89. The molecule has 5 nitrogen and oxygen atoms in total. The number of rotatable bonds is 4. The molecule has 0 aliphatic rings. The van der Waals surface area contributed by atoms with Gasteiger partial charge in [-0.05, 0) is 24.3 Å². The average molecular weight is 206 g/mol. The fourth-order valence-electron chi connectivity index (χ4n) is 0.883. The second-order valence-electron chi connectivity index (χ2n) is 2.89. The van der Waals surface area contributed by atoms with Crippen molar-refractivity contribution < 1.29 is 14.6 Å². The Labute approximate surface area is 86.7 Å². The first kappa shape index (κ1) is 11.0. The van der Waals surface area contributed by atoms with Gasteiger partial charge in [0.25, 0.3) is 0 Å². The third-order valence-corrected chi connectivity index (χ3v) is 1.73. The molecule has 0 saturated carbocycles. The molecule has 0 amide bonds. The summed E-state index contributed by atoms with van der Waals surface area (Å²) >= 11 is 0. The molecular formula is C10H10N2O3. The van der Waals surface area contributed by atoms with Crippen LogP contribution in [0, 0.1) is 11.3 Å². The first-order valence-corrected chi connectivity index (χ1v) is 4.25. The fourth-order valence-corrected chi connectivity index (χ4v) is 0.883. The summed E-state index contributed by atoms with van der Waals surface area (Å²) in [4.78, 5) is 10.4. The first-order chi connectivity index (χ1) is 7.13. The Morgan fingerprint density at radius 3 is 2.60 bits per heavy atom. The van der Waals surface area contributed by atoms with Crippen LogP contribution < -0.4 is 10.5 Å². The minimum absolute atomic E-state index is 0.0960. The highest BCUT2D eigenvalue weighted by molar-refractivity contribution is 5.73. The lowest BCUT2D eigenvalue weighted by Gasteiger charge is -2.08. The Hall–Kier alpha value is -2.06. The van der Waals surface area contributed by atoms with Crippen molar-refractivity contribution in [2.24, 2.45) is 5.73 Å². The van der Waals surface area contributed by atoms with E-state index in [-0.39, 0.29) is 6.61 Å². The van der Waals surface area contributed by atoms with E-state index in [1.165, 1.54) is 0 Å². The van der Waals surface area contributed by atoms with E-state index < -0.39 is 12.0 Å². The number of nitriles is 1. The van der Waals surface area contributed by atoms with E-state index >= 15 is 0 Å². The lowest BCUT2D eigenvalue weighted by atomic mass is 10.2. The van der Waals surface area contributed by atoms with E-state index in [1.54, 1.807) is 24.3 Å². The predicted molar refractivity (Wildman–Crippen MR) is 52.3 cm³/mol. The normalized spacial score (nSPS) is 11.5. The SMILES string of the molecule is N#Cc1ccc(OC[C@H](N)C(=O)O)cc1. The van der Waals surface area contributed by atoms with Crippen molar-refractivity contribution in [1.82, 2.24) is 0 Å². The van der Waals surface area contributed by atoms with Gasteiger partial charge in [-0.25, -0.2) is 0 Å². The lowest BCUT2D eigenvalue weighted by molar-refractivity contribution is -0.139. The number of carboxylic acids is 1. The van der Waals surface area contributed by atoms with Crippen LogP contribution in [0.3, 0.4) is 0 Å². The van der Waals surface area contributed by atoms with Crippen LogP contribution in [-0.2, 0) is 4.79 Å². The number of nitrogens with two attached hydrogens (primary N) is 1. The zero-order valence-electron chi connectivity index (χ0n) is 7.88. The molecule has 0 radical (unpaired) electrons. The number of nitrogens with zero attached hydrogens (tertiary/aromatic N) is 1. The lowest BCUT2D eigenvalue weighted by Crippen LogP contribution is -2.36. The van der Waals surface area contributed by atoms with Crippen molar-refractivity contribution >= 4 is 5.97 Å². The Morgan fingerprint density at radius 2 is 2.13 bits per heavy atom. The van der Waals surface area contributed by atoms with Crippen molar-refractivity contribution in [2.45, 2.75) is 6.04 Å². The van der Waals surface area contributed by atoms with Gasteiger partial charge in [-0.15, -0.1) is 0 Å². The quantitative estimate of drug-likeness (QED) is 0.740. The molecule has 0 fully saturated rings. The molecule has 5 heteroatoms. The molecule has 0 unspecified atom stereocenters. The Kier molecular flexibility index (Phi) is 3.66. The molecule has 0 aliphatic carbocycles. The standard InChI is InChI=1S/C10H10N2O3/c11-5-7-1-3-8(4-2-7)15-6-9(12)10(13)14/h1-4,9H,6,12H2,(H,13,14)/t9-/m0/s1. The molecule has 1 atom stereocenters. The second kappa shape index (κ2) is 4.98. The molecule has 0 aliphatic heterocycles. The van der Waals surface area contributed by atoms with Crippen molar-refractivity contribution in [3.8, 4) is 11.8 Å². The van der Waals surface area contributed by atoms with E-state index in [9.17, 15) is 4.79 Å². The summed E-state index contributed by atoms with van der Waals surface area (Å²) < 4.78 is 5.11. The molecule has 0 heterocycles. The molecule has 0 aromatic heterocycles. The van der Waals surface area contributed by atoms with E-state index in [2.05, 4.69) is 0 Å². The number of ether oxygens (including phenoxy) is 1. The van der Waals surface area contributed by atoms with Gasteiger partial charge in [-0.3, -0.25) is 4.79 Å². The average Bonchev–Trinajstić information content (AvgIpc) is 2.26. The maximum atomic E-state index is 10.4. The maximum Gasteiger partial charge on any atom is 0.324 e. The van der Waals surface area contributed by atoms with E-state index in [0.29, 0.717) is 11.3 Å². The summed E-state index contributed by atoms with van der Waals surface area (Å²) in [6.45, 7) is -0.0960. The summed E-state index contributed by atoms with van der Waals surface area (Å²) in [6.07, 6.45) is 0. The largest absolute Gasteiger partial charge is 0.491 e. The van der Waals surface area contributed by atoms with Gasteiger partial charge in [0.05, 0.1) is 11.6 Å². The van der Waals surface area contributed by atoms with Crippen LogP contribution >= 0.6 is 0 Å². The molecule has 0 bridgehead atoms. The summed E-state index contributed by atoms with van der Waals surface area (Å²) in [7, 11) is 0. The van der Waals surface area contributed by atoms with Crippen molar-refractivity contribution in [2.75, 3.05) is 6.61 Å². The smallest absolute Gasteiger partial charge is 0.324 e. The number of hydrogen-bond acceptors (Lipinski definition) is 4. The highest BCUT2D eigenvalue weighted by Gasteiger charge is 2.11. The third kappa shape index (κ3) is 3.29. The van der Waals surface area contributed by atoms with Gasteiger partial charge in [-0.1, -0.05) is 0 Å². The molecule has 15 heavy (non-hydrogen) atoms. The van der Waals surface area contributed by atoms with Gasteiger partial charge in [0.2, 0.25) is 0 Å². The number of aliphatic carboxylic acids is 1. The molecule has 1 rings (SSSR count). The third-order valence-electron chi connectivity index (χ3n) is 1.73. The monoisotopic (exact) mass is 206 g/mol. The van der Waals surface area contributed by atoms with Gasteiger partial charge in [-0.2, -0.15) is 5.26 Å². The van der Waals surface area contributed by atoms with Crippen LogP contribution in [0.2, 0.25) is 0 Å². The maximum absolute atomic E-state index is 10.4. The molecule has 1 aromatic carbocycles. The van der Waals surface area contributed by atoms with Gasteiger partial charge >= 0.3 is 5.97 Å². The van der Waals surface area contributed by atoms with E-state index in [1.807, 2.05) is 6.07 Å². The summed E-state index contributed by atoms with van der Waals surface area (Å²) in [5.74, 6) is -0.616. The number of carbonyl (C=O) groups is 1. The van der Waals surface area contributed by atoms with E-state index in [4.69, 9.17) is 20.8 Å². The number of benzene rings is 1. The van der Waals surface area contributed by atoms with Crippen molar-refractivity contribution in [3.63, 3.8) is 0 Å². The van der Waals surface area contributed by atoms with Gasteiger partial charge in [0, 0.05) is 0 Å². The molecule has 0 saturated heterocycles. The Bertz CT molecular complexity index is 381. The Balaban J connectivity index is 2.52. The fraction of sp³-hybridized carbons (Fsp3) is 0.200. The van der Waals surface area contributed by atoms with Crippen LogP contribution in [0.15, 0.2) is 24.3 Å². The zero-order valence-corrected chi connectivity index (χ0v) is 7.88. The molecular weight excluding hydrogens is 196 g/mol.